The molecule has 0 unspecified atom stereocenters. The average Bonchev–Trinajstić information content (AvgIpc) is 3.33. The van der Waals surface area contributed by atoms with Crippen molar-refractivity contribution in [2.75, 3.05) is 5.32 Å². The van der Waals surface area contributed by atoms with Crippen LogP contribution < -0.4 is 10.1 Å². The summed E-state index contributed by atoms with van der Waals surface area (Å²) >= 11 is 6.06. The third-order valence-corrected chi connectivity index (χ3v) is 5.14. The fourth-order valence-electron chi connectivity index (χ4n) is 3.47. The van der Waals surface area contributed by atoms with Crippen LogP contribution in [0.25, 0.3) is 0 Å². The molecular weight excluding hydrogens is 426 g/mol. The molecule has 4 aromatic rings. The van der Waals surface area contributed by atoms with Gasteiger partial charge in [0.05, 0.1) is 6.54 Å². The van der Waals surface area contributed by atoms with Gasteiger partial charge in [-0.25, -0.2) is 0 Å². The van der Waals surface area contributed by atoms with E-state index in [0.29, 0.717) is 23.1 Å². The largest absolute Gasteiger partial charge is 0.486 e. The van der Waals surface area contributed by atoms with Crippen molar-refractivity contribution in [3.05, 3.63) is 99.6 Å². The Kier molecular flexibility index (Phi) is 6.32. The number of amides is 1. The van der Waals surface area contributed by atoms with Crippen molar-refractivity contribution in [1.82, 2.24) is 9.78 Å². The van der Waals surface area contributed by atoms with E-state index in [0.717, 1.165) is 28.1 Å². The molecule has 164 valence electrons. The molecule has 0 saturated heterocycles. The first-order valence-corrected chi connectivity index (χ1v) is 10.6. The number of aromatic nitrogens is 2. The molecule has 2 aromatic heterocycles. The molecule has 32 heavy (non-hydrogen) atoms. The minimum Gasteiger partial charge on any atom is -0.486 e. The molecule has 2 heterocycles. The predicted octanol–water partition coefficient (Wildman–Crippen LogP) is 5.93. The summed E-state index contributed by atoms with van der Waals surface area (Å²) in [4.78, 5) is 12.6. The summed E-state index contributed by atoms with van der Waals surface area (Å²) in [5.41, 5.74) is 4.21. The molecule has 1 amide bonds. The Morgan fingerprint density at radius 3 is 2.59 bits per heavy atom. The second-order valence-corrected chi connectivity index (χ2v) is 8.23. The second kappa shape index (κ2) is 9.32. The molecule has 0 aliphatic rings. The number of furan rings is 1. The van der Waals surface area contributed by atoms with E-state index >= 15 is 0 Å². The fraction of sp³-hybridized carbons (Fsp3) is 0.200. The Balaban J connectivity index is 1.37. The van der Waals surface area contributed by atoms with Crippen molar-refractivity contribution >= 4 is 23.3 Å². The van der Waals surface area contributed by atoms with Gasteiger partial charge in [-0.05, 0) is 73.9 Å². The summed E-state index contributed by atoms with van der Waals surface area (Å²) in [6.45, 7) is 6.77. The number of rotatable bonds is 7. The lowest BCUT2D eigenvalue weighted by molar-refractivity contribution is 0.0992. The van der Waals surface area contributed by atoms with Crippen LogP contribution in [0.15, 0.2) is 65.1 Å². The van der Waals surface area contributed by atoms with Gasteiger partial charge in [0.25, 0.3) is 5.91 Å². The summed E-state index contributed by atoms with van der Waals surface area (Å²) in [7, 11) is 0. The molecule has 0 bridgehead atoms. The van der Waals surface area contributed by atoms with Crippen LogP contribution in [0.3, 0.4) is 0 Å². The monoisotopic (exact) mass is 449 g/mol. The number of benzene rings is 2. The van der Waals surface area contributed by atoms with Crippen molar-refractivity contribution in [3.8, 4) is 5.75 Å². The van der Waals surface area contributed by atoms with Crippen LogP contribution in [0.1, 0.15) is 38.7 Å². The third-order valence-electron chi connectivity index (χ3n) is 4.91. The number of ether oxygens (including phenoxy) is 1. The van der Waals surface area contributed by atoms with E-state index in [9.17, 15) is 4.79 Å². The number of anilines is 1. The van der Waals surface area contributed by atoms with Gasteiger partial charge in [0.15, 0.2) is 11.6 Å². The van der Waals surface area contributed by atoms with Gasteiger partial charge in [0.1, 0.15) is 18.1 Å². The highest BCUT2D eigenvalue weighted by Gasteiger charge is 2.14. The van der Waals surface area contributed by atoms with Crippen LogP contribution in [0.4, 0.5) is 5.82 Å². The maximum atomic E-state index is 12.6. The summed E-state index contributed by atoms with van der Waals surface area (Å²) in [6.07, 6.45) is 0. The van der Waals surface area contributed by atoms with E-state index in [2.05, 4.69) is 16.5 Å². The Labute approximate surface area is 191 Å². The number of nitrogens with zero attached hydrogens (tertiary/aromatic N) is 2. The first kappa shape index (κ1) is 21.7. The molecule has 0 spiro atoms. The fourth-order valence-corrected chi connectivity index (χ4v) is 3.68. The lowest BCUT2D eigenvalue weighted by Crippen LogP contribution is -2.12. The van der Waals surface area contributed by atoms with Gasteiger partial charge in [0, 0.05) is 16.8 Å². The zero-order valence-corrected chi connectivity index (χ0v) is 18.9. The van der Waals surface area contributed by atoms with Crippen molar-refractivity contribution in [1.29, 1.82) is 0 Å². The molecule has 6 nitrogen and oxygen atoms in total. The number of halogens is 1. The minimum absolute atomic E-state index is 0.200. The van der Waals surface area contributed by atoms with Crippen molar-refractivity contribution < 1.29 is 13.9 Å². The van der Waals surface area contributed by atoms with E-state index in [-0.39, 0.29) is 18.3 Å². The molecular formula is C25H24ClN3O3. The maximum Gasteiger partial charge on any atom is 0.292 e. The number of aryl methyl sites for hydroxylation is 3. The Morgan fingerprint density at radius 1 is 1.06 bits per heavy atom. The maximum absolute atomic E-state index is 12.6. The molecule has 2 aromatic carbocycles. The zero-order chi connectivity index (χ0) is 22.7. The number of hydrogen-bond acceptors (Lipinski definition) is 4. The highest BCUT2D eigenvalue weighted by Crippen LogP contribution is 2.19. The summed E-state index contributed by atoms with van der Waals surface area (Å²) in [5, 5.41) is 7.94. The van der Waals surface area contributed by atoms with Gasteiger partial charge in [-0.1, -0.05) is 29.8 Å². The van der Waals surface area contributed by atoms with Crippen LogP contribution in [0.2, 0.25) is 5.02 Å². The molecule has 0 fully saturated rings. The third kappa shape index (κ3) is 5.39. The van der Waals surface area contributed by atoms with Gasteiger partial charge in [0.2, 0.25) is 0 Å². The SMILES string of the molecule is Cc1cc(C)cc(OCc2ccc(C(=O)Nc3cc(C)n(Cc4cccc(Cl)c4)n3)o2)c1. The van der Waals surface area contributed by atoms with Crippen molar-refractivity contribution in [2.45, 2.75) is 33.9 Å². The quantitative estimate of drug-likeness (QED) is 0.379. The predicted molar refractivity (Wildman–Crippen MR) is 124 cm³/mol. The minimum atomic E-state index is -0.366. The van der Waals surface area contributed by atoms with Gasteiger partial charge >= 0.3 is 0 Å². The van der Waals surface area contributed by atoms with Gasteiger partial charge in [-0.3, -0.25) is 9.48 Å². The van der Waals surface area contributed by atoms with E-state index in [4.69, 9.17) is 20.8 Å². The second-order valence-electron chi connectivity index (χ2n) is 7.79. The van der Waals surface area contributed by atoms with E-state index in [1.807, 2.05) is 67.9 Å². The van der Waals surface area contributed by atoms with E-state index in [1.54, 1.807) is 12.1 Å². The Morgan fingerprint density at radius 2 is 1.84 bits per heavy atom. The van der Waals surface area contributed by atoms with Gasteiger partial charge < -0.3 is 14.5 Å². The zero-order valence-electron chi connectivity index (χ0n) is 18.2. The summed E-state index contributed by atoms with van der Waals surface area (Å²) in [6, 6.07) is 18.8. The standard InChI is InChI=1S/C25H24ClN3O3/c1-16-9-17(2)11-22(10-16)31-15-21-7-8-23(32-21)25(30)27-24-12-18(3)29(28-24)14-19-5-4-6-20(26)13-19/h4-13H,14-15H2,1-3H3,(H,27,28,30). The molecule has 4 rings (SSSR count). The first-order valence-electron chi connectivity index (χ1n) is 10.3. The normalized spacial score (nSPS) is 10.9. The van der Waals surface area contributed by atoms with Crippen LogP contribution in [-0.4, -0.2) is 15.7 Å². The first-order chi connectivity index (χ1) is 15.4. The van der Waals surface area contributed by atoms with Crippen molar-refractivity contribution in [3.63, 3.8) is 0 Å². The van der Waals surface area contributed by atoms with Gasteiger partial charge in [-0.15, -0.1) is 0 Å². The Hall–Kier alpha value is -3.51. The molecule has 0 radical (unpaired) electrons. The van der Waals surface area contributed by atoms with Crippen LogP contribution >= 0.6 is 11.6 Å². The molecule has 0 aliphatic heterocycles. The smallest absolute Gasteiger partial charge is 0.292 e. The number of carbonyl (C=O) groups excluding carboxylic acids is 1. The molecule has 0 saturated carbocycles. The molecule has 0 aliphatic carbocycles. The number of nitrogens with one attached hydrogen (secondary N) is 1. The highest BCUT2D eigenvalue weighted by atomic mass is 35.5. The lowest BCUT2D eigenvalue weighted by Gasteiger charge is -2.06. The summed E-state index contributed by atoms with van der Waals surface area (Å²) in [5.74, 6) is 1.63. The van der Waals surface area contributed by atoms with Gasteiger partial charge in [-0.2, -0.15) is 5.10 Å². The average molecular weight is 450 g/mol. The van der Waals surface area contributed by atoms with Crippen LogP contribution in [0, 0.1) is 20.8 Å². The number of carbonyl (C=O) groups is 1. The van der Waals surface area contributed by atoms with E-state index in [1.165, 1.54) is 0 Å². The van der Waals surface area contributed by atoms with E-state index < -0.39 is 0 Å². The molecule has 1 N–H and O–H groups in total. The molecule has 7 heteroatoms. The number of hydrogen-bond donors (Lipinski definition) is 1. The lowest BCUT2D eigenvalue weighted by atomic mass is 10.1. The van der Waals surface area contributed by atoms with Crippen LogP contribution in [-0.2, 0) is 13.2 Å². The summed E-state index contributed by atoms with van der Waals surface area (Å²) < 4.78 is 13.3. The Bertz CT molecular complexity index is 1240. The topological polar surface area (TPSA) is 69.3 Å². The van der Waals surface area contributed by atoms with Crippen LogP contribution in [0.5, 0.6) is 5.75 Å². The molecule has 0 atom stereocenters. The van der Waals surface area contributed by atoms with Crippen molar-refractivity contribution in [2.24, 2.45) is 0 Å². The highest BCUT2D eigenvalue weighted by molar-refractivity contribution is 6.30.